The van der Waals surface area contributed by atoms with Crippen LogP contribution in [0, 0.1) is 0 Å². The molecule has 0 spiro atoms. The van der Waals surface area contributed by atoms with Gasteiger partial charge in [-0.15, -0.1) is 0 Å². The van der Waals surface area contributed by atoms with Crippen molar-refractivity contribution in [2.75, 3.05) is 25.1 Å². The zero-order chi connectivity index (χ0) is 11.3. The molecule has 0 amide bonds. The summed E-state index contributed by atoms with van der Waals surface area (Å²) in [5, 5.41) is 0. The van der Waals surface area contributed by atoms with Crippen molar-refractivity contribution in [1.82, 2.24) is 0 Å². The lowest BCUT2D eigenvalue weighted by molar-refractivity contribution is 0.414. The molecule has 1 atom stereocenters. The van der Waals surface area contributed by atoms with Gasteiger partial charge in [-0.1, -0.05) is 12.1 Å². The number of ether oxygens (including phenoxy) is 1. The summed E-state index contributed by atoms with van der Waals surface area (Å²) in [4.78, 5) is 2.23. The molecule has 1 aromatic rings. The first-order valence-electron chi connectivity index (χ1n) is 5.32. The minimum Gasteiger partial charge on any atom is -0.495 e. The molecule has 0 aliphatic carbocycles. The number of likely N-dealkylation sites (N-methyl/N-ethyl adjacent to an activating group) is 1. The zero-order valence-electron chi connectivity index (χ0n) is 9.73. The highest BCUT2D eigenvalue weighted by Crippen LogP contribution is 2.27. The Labute approximate surface area is 91.8 Å². The molecule has 0 bridgehead atoms. The van der Waals surface area contributed by atoms with Crippen LogP contribution in [0.1, 0.15) is 13.8 Å². The summed E-state index contributed by atoms with van der Waals surface area (Å²) in [7, 11) is 1.69. The van der Waals surface area contributed by atoms with E-state index in [1.54, 1.807) is 7.11 Å². The van der Waals surface area contributed by atoms with Crippen LogP contribution in [0.25, 0.3) is 0 Å². The van der Waals surface area contributed by atoms with Crippen LogP contribution in [0.2, 0.25) is 0 Å². The molecule has 0 fully saturated rings. The molecule has 1 unspecified atom stereocenters. The van der Waals surface area contributed by atoms with E-state index in [1.807, 2.05) is 25.1 Å². The van der Waals surface area contributed by atoms with E-state index in [-0.39, 0.29) is 6.04 Å². The minimum atomic E-state index is 0.162. The van der Waals surface area contributed by atoms with Gasteiger partial charge in [0.1, 0.15) is 5.75 Å². The fraction of sp³-hybridized carbons (Fsp3) is 0.500. The van der Waals surface area contributed by atoms with Gasteiger partial charge in [-0.3, -0.25) is 0 Å². The van der Waals surface area contributed by atoms with Gasteiger partial charge in [0.25, 0.3) is 0 Å². The second kappa shape index (κ2) is 5.61. The summed E-state index contributed by atoms with van der Waals surface area (Å²) in [6.07, 6.45) is 0. The highest BCUT2D eigenvalue weighted by Gasteiger charge is 2.10. The third-order valence-electron chi connectivity index (χ3n) is 2.32. The normalized spacial score (nSPS) is 12.3. The molecule has 3 heteroatoms. The second-order valence-electron chi connectivity index (χ2n) is 3.69. The Kier molecular flexibility index (Phi) is 4.43. The van der Waals surface area contributed by atoms with Gasteiger partial charge in [-0.25, -0.2) is 0 Å². The molecule has 0 aliphatic rings. The molecule has 2 N–H and O–H groups in total. The Morgan fingerprint density at radius 3 is 2.60 bits per heavy atom. The summed E-state index contributed by atoms with van der Waals surface area (Å²) in [5.41, 5.74) is 6.93. The number of nitrogens with zero attached hydrogens (tertiary/aromatic N) is 1. The van der Waals surface area contributed by atoms with Crippen molar-refractivity contribution in [2.45, 2.75) is 19.9 Å². The zero-order valence-corrected chi connectivity index (χ0v) is 9.73. The van der Waals surface area contributed by atoms with Crippen LogP contribution in [0.15, 0.2) is 24.3 Å². The largest absolute Gasteiger partial charge is 0.495 e. The van der Waals surface area contributed by atoms with Crippen molar-refractivity contribution < 1.29 is 4.74 Å². The third-order valence-corrected chi connectivity index (χ3v) is 2.32. The Morgan fingerprint density at radius 2 is 2.07 bits per heavy atom. The summed E-state index contributed by atoms with van der Waals surface area (Å²) in [6.45, 7) is 5.91. The molecule has 0 saturated carbocycles. The third kappa shape index (κ3) is 3.13. The average molecular weight is 208 g/mol. The number of nitrogens with two attached hydrogens (primary N) is 1. The van der Waals surface area contributed by atoms with Gasteiger partial charge in [0.15, 0.2) is 0 Å². The fourth-order valence-corrected chi connectivity index (χ4v) is 1.64. The monoisotopic (exact) mass is 208 g/mol. The second-order valence-corrected chi connectivity index (χ2v) is 3.69. The smallest absolute Gasteiger partial charge is 0.142 e. The van der Waals surface area contributed by atoms with Crippen LogP contribution < -0.4 is 15.4 Å². The molecule has 84 valence electrons. The molecule has 0 radical (unpaired) electrons. The maximum Gasteiger partial charge on any atom is 0.142 e. The van der Waals surface area contributed by atoms with E-state index in [0.717, 1.165) is 24.5 Å². The number of hydrogen-bond acceptors (Lipinski definition) is 3. The van der Waals surface area contributed by atoms with E-state index in [0.29, 0.717) is 0 Å². The van der Waals surface area contributed by atoms with E-state index < -0.39 is 0 Å². The molecule has 0 heterocycles. The van der Waals surface area contributed by atoms with Gasteiger partial charge in [0.2, 0.25) is 0 Å². The SMILES string of the molecule is CCN(CC(C)N)c1ccccc1OC. The quantitative estimate of drug-likeness (QED) is 0.802. The van der Waals surface area contributed by atoms with Gasteiger partial charge < -0.3 is 15.4 Å². The Balaban J connectivity index is 2.90. The molecule has 15 heavy (non-hydrogen) atoms. The first-order valence-corrected chi connectivity index (χ1v) is 5.32. The molecule has 1 rings (SSSR count). The Morgan fingerprint density at radius 1 is 1.40 bits per heavy atom. The van der Waals surface area contributed by atoms with Crippen LogP contribution in [0.5, 0.6) is 5.75 Å². The predicted molar refractivity (Wildman–Crippen MR) is 64.5 cm³/mol. The molecule has 0 aromatic heterocycles. The van der Waals surface area contributed by atoms with Gasteiger partial charge in [0.05, 0.1) is 12.8 Å². The summed E-state index contributed by atoms with van der Waals surface area (Å²) < 4.78 is 5.33. The molecule has 0 aliphatic heterocycles. The lowest BCUT2D eigenvalue weighted by Crippen LogP contribution is -2.35. The highest BCUT2D eigenvalue weighted by atomic mass is 16.5. The van der Waals surface area contributed by atoms with Crippen LogP contribution in [0.4, 0.5) is 5.69 Å². The molecular formula is C12H20N2O. The Bertz CT molecular complexity index is 299. The molecule has 0 saturated heterocycles. The maximum absolute atomic E-state index is 5.82. The summed E-state index contributed by atoms with van der Waals surface area (Å²) >= 11 is 0. The average Bonchev–Trinajstić information content (AvgIpc) is 2.25. The van der Waals surface area contributed by atoms with Crippen molar-refractivity contribution in [3.8, 4) is 5.75 Å². The van der Waals surface area contributed by atoms with Crippen LogP contribution in [-0.2, 0) is 0 Å². The number of hydrogen-bond donors (Lipinski definition) is 1. The number of methoxy groups -OCH3 is 1. The summed E-state index contributed by atoms with van der Waals surface area (Å²) in [5.74, 6) is 0.903. The van der Waals surface area contributed by atoms with Crippen molar-refractivity contribution in [1.29, 1.82) is 0 Å². The van der Waals surface area contributed by atoms with Gasteiger partial charge in [-0.05, 0) is 26.0 Å². The lowest BCUT2D eigenvalue weighted by Gasteiger charge is -2.26. The first-order chi connectivity index (χ1) is 7.19. The van der Waals surface area contributed by atoms with Gasteiger partial charge >= 0.3 is 0 Å². The van der Waals surface area contributed by atoms with E-state index in [4.69, 9.17) is 10.5 Å². The molecular weight excluding hydrogens is 188 g/mol. The topological polar surface area (TPSA) is 38.5 Å². The van der Waals surface area contributed by atoms with E-state index >= 15 is 0 Å². The lowest BCUT2D eigenvalue weighted by atomic mass is 10.2. The predicted octanol–water partition coefficient (Wildman–Crippen LogP) is 1.87. The maximum atomic E-state index is 5.82. The number of anilines is 1. The van der Waals surface area contributed by atoms with Crippen molar-refractivity contribution in [2.24, 2.45) is 5.73 Å². The van der Waals surface area contributed by atoms with E-state index in [9.17, 15) is 0 Å². The van der Waals surface area contributed by atoms with E-state index in [1.165, 1.54) is 0 Å². The first kappa shape index (κ1) is 11.9. The Hall–Kier alpha value is -1.22. The van der Waals surface area contributed by atoms with Crippen LogP contribution in [-0.4, -0.2) is 26.2 Å². The summed E-state index contributed by atoms with van der Waals surface area (Å²) in [6, 6.07) is 8.18. The fourth-order valence-electron chi connectivity index (χ4n) is 1.64. The van der Waals surface area contributed by atoms with Crippen LogP contribution in [0.3, 0.4) is 0 Å². The van der Waals surface area contributed by atoms with Gasteiger partial charge in [0, 0.05) is 19.1 Å². The number of para-hydroxylation sites is 2. The molecule has 1 aromatic carbocycles. The number of benzene rings is 1. The van der Waals surface area contributed by atoms with Crippen LogP contribution >= 0.6 is 0 Å². The standard InChI is InChI=1S/C12H20N2O/c1-4-14(9-10(2)13)11-7-5-6-8-12(11)15-3/h5-8,10H,4,9,13H2,1-3H3. The van der Waals surface area contributed by atoms with Crippen molar-refractivity contribution >= 4 is 5.69 Å². The van der Waals surface area contributed by atoms with E-state index in [2.05, 4.69) is 17.9 Å². The van der Waals surface area contributed by atoms with Crippen molar-refractivity contribution in [3.05, 3.63) is 24.3 Å². The highest BCUT2D eigenvalue weighted by molar-refractivity contribution is 5.58. The van der Waals surface area contributed by atoms with Gasteiger partial charge in [-0.2, -0.15) is 0 Å². The molecule has 3 nitrogen and oxygen atoms in total. The number of rotatable bonds is 5. The minimum absolute atomic E-state index is 0.162. The van der Waals surface area contributed by atoms with Crippen molar-refractivity contribution in [3.63, 3.8) is 0 Å².